The van der Waals surface area contributed by atoms with Crippen molar-refractivity contribution in [1.29, 1.82) is 0 Å². The van der Waals surface area contributed by atoms with Gasteiger partial charge in [-0.2, -0.15) is 0 Å². The average molecular weight is 175 g/mol. The van der Waals surface area contributed by atoms with E-state index < -0.39 is 0 Å². The Balaban J connectivity index is 2.52. The average Bonchev–Trinajstić information content (AvgIpc) is 2.19. The second-order valence-electron chi connectivity index (χ2n) is 2.66. The number of terminal acetylenes is 1. The van der Waals surface area contributed by atoms with Gasteiger partial charge in [0.2, 0.25) is 0 Å². The van der Waals surface area contributed by atoms with Crippen molar-refractivity contribution in [3.8, 4) is 18.1 Å². The minimum Gasteiger partial charge on any atom is -0.497 e. The molecule has 2 nitrogen and oxygen atoms in total. The van der Waals surface area contributed by atoms with Gasteiger partial charge in [-0.05, 0) is 17.7 Å². The van der Waals surface area contributed by atoms with Gasteiger partial charge < -0.3 is 10.1 Å². The van der Waals surface area contributed by atoms with Crippen molar-refractivity contribution < 1.29 is 4.74 Å². The van der Waals surface area contributed by atoms with Crippen LogP contribution in [0.15, 0.2) is 24.3 Å². The lowest BCUT2D eigenvalue weighted by Gasteiger charge is -2.03. The van der Waals surface area contributed by atoms with E-state index >= 15 is 0 Å². The molecule has 0 saturated carbocycles. The zero-order valence-corrected chi connectivity index (χ0v) is 7.71. The molecule has 0 bridgehead atoms. The summed E-state index contributed by atoms with van der Waals surface area (Å²) in [5.74, 6) is 3.40. The number of hydrogen-bond acceptors (Lipinski definition) is 2. The lowest BCUT2D eigenvalue weighted by atomic mass is 10.2. The fourth-order valence-corrected chi connectivity index (χ4v) is 1.06. The highest BCUT2D eigenvalue weighted by Gasteiger charge is 1.93. The van der Waals surface area contributed by atoms with Crippen molar-refractivity contribution in [3.05, 3.63) is 29.8 Å². The van der Waals surface area contributed by atoms with E-state index in [1.807, 2.05) is 24.3 Å². The Kier molecular flexibility index (Phi) is 3.87. The van der Waals surface area contributed by atoms with E-state index in [2.05, 4.69) is 11.2 Å². The van der Waals surface area contributed by atoms with Crippen molar-refractivity contribution in [1.82, 2.24) is 5.32 Å². The number of nitrogens with one attached hydrogen (secondary N) is 1. The molecule has 0 atom stereocenters. The van der Waals surface area contributed by atoms with Gasteiger partial charge in [0.05, 0.1) is 13.7 Å². The fraction of sp³-hybridized carbons (Fsp3) is 0.273. The monoisotopic (exact) mass is 175 g/mol. The molecule has 0 amide bonds. The Bertz CT molecular complexity index is 301. The van der Waals surface area contributed by atoms with Gasteiger partial charge in [0.15, 0.2) is 0 Å². The first kappa shape index (κ1) is 9.63. The molecule has 68 valence electrons. The van der Waals surface area contributed by atoms with Crippen molar-refractivity contribution in [2.45, 2.75) is 6.54 Å². The van der Waals surface area contributed by atoms with Gasteiger partial charge in [0, 0.05) is 6.54 Å². The molecule has 0 heterocycles. The topological polar surface area (TPSA) is 21.3 Å². The van der Waals surface area contributed by atoms with Crippen molar-refractivity contribution >= 4 is 0 Å². The molecule has 0 fully saturated rings. The summed E-state index contributed by atoms with van der Waals surface area (Å²) in [6, 6.07) is 7.91. The third-order valence-corrected chi connectivity index (χ3v) is 1.69. The predicted octanol–water partition coefficient (Wildman–Crippen LogP) is 1.42. The molecule has 13 heavy (non-hydrogen) atoms. The van der Waals surface area contributed by atoms with Crippen LogP contribution in [0.2, 0.25) is 0 Å². The number of benzene rings is 1. The Morgan fingerprint density at radius 2 is 2.38 bits per heavy atom. The third-order valence-electron chi connectivity index (χ3n) is 1.69. The molecule has 2 heteroatoms. The quantitative estimate of drug-likeness (QED) is 0.552. The maximum absolute atomic E-state index is 5.11. The number of rotatable bonds is 4. The van der Waals surface area contributed by atoms with Crippen LogP contribution in [0.3, 0.4) is 0 Å². The van der Waals surface area contributed by atoms with Crippen LogP contribution >= 0.6 is 0 Å². The van der Waals surface area contributed by atoms with Crippen LogP contribution in [0.1, 0.15) is 5.56 Å². The van der Waals surface area contributed by atoms with Crippen molar-refractivity contribution in [2.75, 3.05) is 13.7 Å². The van der Waals surface area contributed by atoms with Crippen LogP contribution in [-0.2, 0) is 6.54 Å². The molecule has 0 aliphatic carbocycles. The summed E-state index contributed by atoms with van der Waals surface area (Å²) in [4.78, 5) is 0. The van der Waals surface area contributed by atoms with E-state index in [0.717, 1.165) is 12.3 Å². The van der Waals surface area contributed by atoms with E-state index in [0.29, 0.717) is 6.54 Å². The third kappa shape index (κ3) is 3.18. The highest BCUT2D eigenvalue weighted by atomic mass is 16.5. The standard InChI is InChI=1S/C11H13NO/c1-3-7-12-9-10-5-4-6-11(8-10)13-2/h1,4-6,8,12H,7,9H2,2H3. The van der Waals surface area contributed by atoms with Gasteiger partial charge in [0.25, 0.3) is 0 Å². The van der Waals surface area contributed by atoms with Gasteiger partial charge in [-0.1, -0.05) is 18.1 Å². The molecule has 0 saturated heterocycles. The summed E-state index contributed by atoms with van der Waals surface area (Å²) >= 11 is 0. The minimum absolute atomic E-state index is 0.594. The Morgan fingerprint density at radius 3 is 3.08 bits per heavy atom. The largest absolute Gasteiger partial charge is 0.497 e. The first-order chi connectivity index (χ1) is 6.36. The van der Waals surface area contributed by atoms with Crippen molar-refractivity contribution in [3.63, 3.8) is 0 Å². The maximum atomic E-state index is 5.11. The summed E-state index contributed by atoms with van der Waals surface area (Å²) in [5, 5.41) is 3.11. The van der Waals surface area contributed by atoms with E-state index in [1.54, 1.807) is 7.11 Å². The van der Waals surface area contributed by atoms with E-state index in [4.69, 9.17) is 11.2 Å². The van der Waals surface area contributed by atoms with Crippen LogP contribution in [0, 0.1) is 12.3 Å². The number of ether oxygens (including phenoxy) is 1. The fourth-order valence-electron chi connectivity index (χ4n) is 1.06. The SMILES string of the molecule is C#CCNCc1cccc(OC)c1. The van der Waals surface area contributed by atoms with Crippen LogP contribution in [-0.4, -0.2) is 13.7 Å². The molecular formula is C11H13NO. The minimum atomic E-state index is 0.594. The summed E-state index contributed by atoms with van der Waals surface area (Å²) in [7, 11) is 1.66. The van der Waals surface area contributed by atoms with Gasteiger partial charge >= 0.3 is 0 Å². The maximum Gasteiger partial charge on any atom is 0.119 e. The number of hydrogen-bond donors (Lipinski definition) is 1. The van der Waals surface area contributed by atoms with Crippen LogP contribution < -0.4 is 10.1 Å². The molecule has 1 rings (SSSR count). The summed E-state index contributed by atoms with van der Waals surface area (Å²) < 4.78 is 5.09. The Labute approximate surface area is 78.9 Å². The van der Waals surface area contributed by atoms with Gasteiger partial charge in [-0.15, -0.1) is 6.42 Å². The van der Waals surface area contributed by atoms with Crippen LogP contribution in [0.5, 0.6) is 5.75 Å². The normalized spacial score (nSPS) is 9.23. The Morgan fingerprint density at radius 1 is 1.54 bits per heavy atom. The summed E-state index contributed by atoms with van der Waals surface area (Å²) in [5.41, 5.74) is 1.18. The highest BCUT2D eigenvalue weighted by molar-refractivity contribution is 5.28. The zero-order valence-electron chi connectivity index (χ0n) is 7.71. The molecular weight excluding hydrogens is 162 g/mol. The second kappa shape index (κ2) is 5.23. The van der Waals surface area contributed by atoms with Crippen LogP contribution in [0.4, 0.5) is 0 Å². The summed E-state index contributed by atoms with van der Waals surface area (Å²) in [6.45, 7) is 1.37. The zero-order chi connectivity index (χ0) is 9.52. The molecule has 0 radical (unpaired) electrons. The second-order valence-corrected chi connectivity index (χ2v) is 2.66. The Hall–Kier alpha value is -1.46. The van der Waals surface area contributed by atoms with E-state index in [9.17, 15) is 0 Å². The molecule has 1 aromatic rings. The molecule has 0 unspecified atom stereocenters. The first-order valence-corrected chi connectivity index (χ1v) is 4.14. The van der Waals surface area contributed by atoms with Crippen molar-refractivity contribution in [2.24, 2.45) is 0 Å². The molecule has 1 aromatic carbocycles. The van der Waals surface area contributed by atoms with E-state index in [-0.39, 0.29) is 0 Å². The molecule has 0 spiro atoms. The number of methoxy groups -OCH3 is 1. The first-order valence-electron chi connectivity index (χ1n) is 4.14. The van der Waals surface area contributed by atoms with E-state index in [1.165, 1.54) is 5.56 Å². The van der Waals surface area contributed by atoms with Gasteiger partial charge in [-0.3, -0.25) is 0 Å². The van der Waals surface area contributed by atoms with Crippen LogP contribution in [0.25, 0.3) is 0 Å². The molecule has 0 aliphatic heterocycles. The lowest BCUT2D eigenvalue weighted by molar-refractivity contribution is 0.414. The lowest BCUT2D eigenvalue weighted by Crippen LogP contribution is -2.12. The highest BCUT2D eigenvalue weighted by Crippen LogP contribution is 2.11. The molecule has 0 aromatic heterocycles. The van der Waals surface area contributed by atoms with Gasteiger partial charge in [0.1, 0.15) is 5.75 Å². The smallest absolute Gasteiger partial charge is 0.119 e. The molecule has 1 N–H and O–H groups in total. The predicted molar refractivity (Wildman–Crippen MR) is 53.5 cm³/mol. The summed E-state index contributed by atoms with van der Waals surface area (Å²) in [6.07, 6.45) is 5.11. The van der Waals surface area contributed by atoms with Gasteiger partial charge in [-0.25, -0.2) is 0 Å². The molecule has 0 aliphatic rings.